The van der Waals surface area contributed by atoms with Gasteiger partial charge in [-0.2, -0.15) is 0 Å². The van der Waals surface area contributed by atoms with Crippen LogP contribution < -0.4 is 10.1 Å². The summed E-state index contributed by atoms with van der Waals surface area (Å²) in [5, 5.41) is 12.5. The van der Waals surface area contributed by atoms with E-state index in [0.717, 1.165) is 47.3 Å². The van der Waals surface area contributed by atoms with Crippen molar-refractivity contribution in [3.63, 3.8) is 0 Å². The number of carbonyl (C=O) groups is 1. The van der Waals surface area contributed by atoms with Gasteiger partial charge in [0.25, 0.3) is 0 Å². The van der Waals surface area contributed by atoms with Gasteiger partial charge in [0.2, 0.25) is 5.91 Å². The number of methoxy groups -OCH3 is 1. The predicted molar refractivity (Wildman–Crippen MR) is 128 cm³/mol. The number of benzene rings is 2. The molecule has 1 amide bonds. The average molecular weight is 485 g/mol. The first-order valence-corrected chi connectivity index (χ1v) is 12.4. The maximum atomic E-state index is 13.2. The van der Waals surface area contributed by atoms with Crippen molar-refractivity contribution in [1.82, 2.24) is 20.1 Å². The van der Waals surface area contributed by atoms with E-state index in [-0.39, 0.29) is 17.8 Å². The molecule has 1 aromatic heterocycles. The van der Waals surface area contributed by atoms with E-state index in [4.69, 9.17) is 9.47 Å². The Balaban J connectivity index is 1.37. The fraction of sp³-hybridized carbons (Fsp3) is 0.400. The summed E-state index contributed by atoms with van der Waals surface area (Å²) >= 11 is 1.55. The first-order chi connectivity index (χ1) is 16.6. The molecule has 1 unspecified atom stereocenters. The molecule has 180 valence electrons. The van der Waals surface area contributed by atoms with Crippen LogP contribution in [0.4, 0.5) is 4.39 Å². The van der Waals surface area contributed by atoms with Gasteiger partial charge in [0.05, 0.1) is 19.8 Å². The predicted octanol–water partition coefficient (Wildman–Crippen LogP) is 4.15. The molecule has 1 saturated heterocycles. The fourth-order valence-corrected chi connectivity index (χ4v) is 4.79. The molecule has 0 radical (unpaired) electrons. The molecule has 9 heteroatoms. The number of hydrogen-bond donors (Lipinski definition) is 1. The summed E-state index contributed by atoms with van der Waals surface area (Å²) in [7, 11) is 1.62. The van der Waals surface area contributed by atoms with E-state index in [1.165, 1.54) is 12.1 Å². The minimum absolute atomic E-state index is 0.0573. The third-order valence-corrected chi connectivity index (χ3v) is 6.77. The van der Waals surface area contributed by atoms with Gasteiger partial charge in [0.15, 0.2) is 5.16 Å². The smallest absolute Gasteiger partial charge is 0.220 e. The zero-order chi connectivity index (χ0) is 23.8. The maximum Gasteiger partial charge on any atom is 0.220 e. The number of para-hydroxylation sites is 1. The van der Waals surface area contributed by atoms with Gasteiger partial charge in [-0.1, -0.05) is 42.1 Å². The number of thioether (sulfide) groups is 1. The van der Waals surface area contributed by atoms with Crippen LogP contribution in [-0.2, 0) is 34.8 Å². The van der Waals surface area contributed by atoms with Crippen LogP contribution >= 0.6 is 11.8 Å². The molecule has 3 aromatic rings. The van der Waals surface area contributed by atoms with E-state index < -0.39 is 0 Å². The van der Waals surface area contributed by atoms with Crippen molar-refractivity contribution in [2.45, 2.75) is 55.8 Å². The number of amides is 1. The Hall–Kier alpha value is -2.91. The standard InChI is InChI=1S/C25H29FN4O3S/c1-32-22-7-3-2-5-19(22)15-27-24(31)13-12-23-28-29-25(30(23)16-21-6-4-14-33-21)34-17-18-8-10-20(26)11-9-18/h2-3,5,7-11,21H,4,6,12-17H2,1H3,(H,27,31). The Morgan fingerprint density at radius 3 is 2.82 bits per heavy atom. The van der Waals surface area contributed by atoms with Crippen molar-refractivity contribution in [2.24, 2.45) is 0 Å². The summed E-state index contributed by atoms with van der Waals surface area (Å²) in [6.45, 7) is 1.84. The van der Waals surface area contributed by atoms with Crippen LogP contribution in [0.2, 0.25) is 0 Å². The Labute approximate surface area is 203 Å². The van der Waals surface area contributed by atoms with E-state index in [1.807, 2.05) is 24.3 Å². The Bertz CT molecular complexity index is 1080. The number of halogens is 1. The Morgan fingerprint density at radius 1 is 1.24 bits per heavy atom. The van der Waals surface area contributed by atoms with Crippen LogP contribution in [0.1, 0.15) is 36.2 Å². The van der Waals surface area contributed by atoms with E-state index >= 15 is 0 Å². The van der Waals surface area contributed by atoms with Crippen molar-refractivity contribution < 1.29 is 18.7 Å². The van der Waals surface area contributed by atoms with Crippen LogP contribution in [0.15, 0.2) is 53.7 Å². The molecule has 1 atom stereocenters. The van der Waals surface area contributed by atoms with Crippen molar-refractivity contribution in [3.8, 4) is 5.75 Å². The third kappa shape index (κ3) is 6.57. The highest BCUT2D eigenvalue weighted by molar-refractivity contribution is 7.98. The number of carbonyl (C=O) groups excluding carboxylic acids is 1. The first kappa shape index (κ1) is 24.2. The molecular formula is C25H29FN4O3S. The highest BCUT2D eigenvalue weighted by Gasteiger charge is 2.21. The van der Waals surface area contributed by atoms with Crippen LogP contribution in [0.25, 0.3) is 0 Å². The van der Waals surface area contributed by atoms with Gasteiger partial charge >= 0.3 is 0 Å². The van der Waals surface area contributed by atoms with Crippen LogP contribution in [0.3, 0.4) is 0 Å². The zero-order valence-electron chi connectivity index (χ0n) is 19.2. The molecule has 0 aliphatic carbocycles. The summed E-state index contributed by atoms with van der Waals surface area (Å²) in [6, 6.07) is 14.1. The summed E-state index contributed by atoms with van der Waals surface area (Å²) in [5.74, 6) is 1.87. The second-order valence-electron chi connectivity index (χ2n) is 8.15. The quantitative estimate of drug-likeness (QED) is 0.412. The Morgan fingerprint density at radius 2 is 2.06 bits per heavy atom. The molecule has 4 rings (SSSR count). The molecule has 1 aliphatic rings. The number of hydrogen-bond acceptors (Lipinski definition) is 6. The zero-order valence-corrected chi connectivity index (χ0v) is 20.0. The van der Waals surface area contributed by atoms with Gasteiger partial charge in [-0.3, -0.25) is 4.79 Å². The van der Waals surface area contributed by atoms with Gasteiger partial charge in [-0.15, -0.1) is 10.2 Å². The highest BCUT2D eigenvalue weighted by atomic mass is 32.2. The van der Waals surface area contributed by atoms with Crippen molar-refractivity contribution in [2.75, 3.05) is 13.7 Å². The maximum absolute atomic E-state index is 13.2. The number of rotatable bonds is 11. The highest BCUT2D eigenvalue weighted by Crippen LogP contribution is 2.25. The van der Waals surface area contributed by atoms with E-state index in [9.17, 15) is 9.18 Å². The minimum Gasteiger partial charge on any atom is -0.496 e. The van der Waals surface area contributed by atoms with Crippen molar-refractivity contribution in [3.05, 3.63) is 71.3 Å². The van der Waals surface area contributed by atoms with E-state index in [2.05, 4.69) is 20.1 Å². The normalized spacial score (nSPS) is 15.4. The first-order valence-electron chi connectivity index (χ1n) is 11.4. The van der Waals surface area contributed by atoms with Crippen LogP contribution in [-0.4, -0.2) is 40.5 Å². The topological polar surface area (TPSA) is 78.3 Å². The summed E-state index contributed by atoms with van der Waals surface area (Å²) in [5.41, 5.74) is 1.94. The van der Waals surface area contributed by atoms with Gasteiger partial charge in [-0.05, 0) is 36.6 Å². The second-order valence-corrected chi connectivity index (χ2v) is 9.09. The number of aromatic nitrogens is 3. The Kier molecular flexibility index (Phi) is 8.54. The SMILES string of the molecule is COc1ccccc1CNC(=O)CCc1nnc(SCc2ccc(F)cc2)n1CC1CCCO1. The number of aryl methyl sites for hydroxylation is 1. The molecule has 0 bridgehead atoms. The van der Waals surface area contributed by atoms with Gasteiger partial charge in [0, 0.05) is 37.3 Å². The summed E-state index contributed by atoms with van der Waals surface area (Å²) in [4.78, 5) is 12.5. The lowest BCUT2D eigenvalue weighted by Crippen LogP contribution is -2.24. The minimum atomic E-state index is -0.249. The number of nitrogens with one attached hydrogen (secondary N) is 1. The fourth-order valence-electron chi connectivity index (χ4n) is 3.87. The largest absolute Gasteiger partial charge is 0.496 e. The second kappa shape index (κ2) is 12.0. The lowest BCUT2D eigenvalue weighted by molar-refractivity contribution is -0.121. The molecule has 34 heavy (non-hydrogen) atoms. The van der Waals surface area contributed by atoms with Crippen LogP contribution in [0.5, 0.6) is 5.75 Å². The molecule has 1 aliphatic heterocycles. The van der Waals surface area contributed by atoms with E-state index in [0.29, 0.717) is 31.7 Å². The molecular weight excluding hydrogens is 455 g/mol. The molecule has 0 saturated carbocycles. The number of ether oxygens (including phenoxy) is 2. The lowest BCUT2D eigenvalue weighted by Gasteiger charge is -2.15. The van der Waals surface area contributed by atoms with Gasteiger partial charge in [-0.25, -0.2) is 4.39 Å². The average Bonchev–Trinajstić information content (AvgIpc) is 3.51. The molecule has 1 fully saturated rings. The monoisotopic (exact) mass is 484 g/mol. The molecule has 2 heterocycles. The van der Waals surface area contributed by atoms with E-state index in [1.54, 1.807) is 31.0 Å². The molecule has 7 nitrogen and oxygen atoms in total. The summed E-state index contributed by atoms with van der Waals surface area (Å²) < 4.78 is 26.4. The number of nitrogens with zero attached hydrogens (tertiary/aromatic N) is 3. The lowest BCUT2D eigenvalue weighted by atomic mass is 10.2. The molecule has 0 spiro atoms. The summed E-state index contributed by atoms with van der Waals surface area (Å²) in [6.07, 6.45) is 2.96. The van der Waals surface area contributed by atoms with Crippen molar-refractivity contribution >= 4 is 17.7 Å². The van der Waals surface area contributed by atoms with Crippen LogP contribution in [0, 0.1) is 5.82 Å². The molecule has 1 N–H and O–H groups in total. The molecule has 2 aromatic carbocycles. The third-order valence-electron chi connectivity index (χ3n) is 5.73. The van der Waals surface area contributed by atoms with Gasteiger partial charge in [0.1, 0.15) is 17.4 Å². The van der Waals surface area contributed by atoms with Gasteiger partial charge < -0.3 is 19.4 Å². The van der Waals surface area contributed by atoms with Crippen molar-refractivity contribution in [1.29, 1.82) is 0 Å².